The molecule has 2 saturated carbocycles. The Hall–Kier alpha value is -3.09. The molecule has 36 heavy (non-hydrogen) atoms. The average Bonchev–Trinajstić information content (AvgIpc) is 3.56. The Morgan fingerprint density at radius 2 is 1.75 bits per heavy atom. The Kier molecular flexibility index (Phi) is 8.17. The van der Waals surface area contributed by atoms with Crippen LogP contribution in [0.25, 0.3) is 10.8 Å². The minimum absolute atomic E-state index is 0.150. The van der Waals surface area contributed by atoms with Crippen LogP contribution in [0, 0.1) is 11.3 Å². The molecule has 194 valence electrons. The number of hydrogen-bond acceptors (Lipinski definition) is 6. The van der Waals surface area contributed by atoms with E-state index >= 15 is 0 Å². The second-order valence-corrected chi connectivity index (χ2v) is 10.1. The highest BCUT2D eigenvalue weighted by atomic mass is 16.7. The van der Waals surface area contributed by atoms with Crippen LogP contribution in [0.15, 0.2) is 36.4 Å². The largest absolute Gasteiger partial charge is 0.497 e. The highest BCUT2D eigenvalue weighted by Crippen LogP contribution is 2.51. The maximum atomic E-state index is 13.2. The monoisotopic (exact) mass is 495 g/mol. The van der Waals surface area contributed by atoms with Crippen LogP contribution >= 0.6 is 0 Å². The van der Waals surface area contributed by atoms with Gasteiger partial charge in [-0.25, -0.2) is 9.69 Å². The molecule has 1 unspecified atom stereocenters. The lowest BCUT2D eigenvalue weighted by atomic mass is 9.73. The number of carbonyl (C=O) groups is 3. The molecule has 7 heteroatoms. The number of amides is 2. The third-order valence-electron chi connectivity index (χ3n) is 7.96. The van der Waals surface area contributed by atoms with Gasteiger partial charge in [0.05, 0.1) is 12.5 Å². The maximum Gasteiger partial charge on any atom is 0.419 e. The van der Waals surface area contributed by atoms with Crippen molar-refractivity contribution in [1.82, 2.24) is 4.90 Å². The second-order valence-electron chi connectivity index (χ2n) is 10.1. The van der Waals surface area contributed by atoms with E-state index in [4.69, 9.17) is 14.2 Å². The third kappa shape index (κ3) is 5.50. The molecule has 0 aromatic heterocycles. The number of hydrogen-bond donors (Lipinski definition) is 0. The van der Waals surface area contributed by atoms with Crippen LogP contribution in [0.4, 0.5) is 4.79 Å². The zero-order valence-electron chi connectivity index (χ0n) is 21.6. The molecule has 4 rings (SSSR count). The second kappa shape index (κ2) is 11.3. The summed E-state index contributed by atoms with van der Waals surface area (Å²) >= 11 is 0. The SMILES string of the molecule is COc1ccc2cccc(CCN(C(C)=O)C(=O)OC(C)OC(=O)C3(C4CCCC4)CCCC3)c2c1. The molecule has 0 bridgehead atoms. The van der Waals surface area contributed by atoms with E-state index in [1.165, 1.54) is 6.92 Å². The predicted molar refractivity (Wildman–Crippen MR) is 136 cm³/mol. The summed E-state index contributed by atoms with van der Waals surface area (Å²) in [6, 6.07) is 11.8. The molecule has 1 atom stereocenters. The number of carbonyl (C=O) groups excluding carboxylic acids is 3. The van der Waals surface area contributed by atoms with Gasteiger partial charge < -0.3 is 14.2 Å². The Bertz CT molecular complexity index is 1100. The van der Waals surface area contributed by atoms with Crippen LogP contribution in [-0.4, -0.2) is 42.8 Å². The minimum Gasteiger partial charge on any atom is -0.497 e. The van der Waals surface area contributed by atoms with E-state index in [1.807, 2.05) is 36.4 Å². The van der Waals surface area contributed by atoms with Crippen molar-refractivity contribution in [2.45, 2.75) is 77.9 Å². The number of imide groups is 1. The Morgan fingerprint density at radius 3 is 2.42 bits per heavy atom. The van der Waals surface area contributed by atoms with Crippen LogP contribution in [0.3, 0.4) is 0 Å². The summed E-state index contributed by atoms with van der Waals surface area (Å²) in [6.45, 7) is 3.03. The summed E-state index contributed by atoms with van der Waals surface area (Å²) < 4.78 is 16.4. The van der Waals surface area contributed by atoms with Crippen LogP contribution in [0.2, 0.25) is 0 Å². The molecule has 2 aliphatic rings. The number of methoxy groups -OCH3 is 1. The van der Waals surface area contributed by atoms with Crippen molar-refractivity contribution in [2.24, 2.45) is 11.3 Å². The number of nitrogens with zero attached hydrogens (tertiary/aromatic N) is 1. The molecule has 2 fully saturated rings. The van der Waals surface area contributed by atoms with Gasteiger partial charge in [-0.15, -0.1) is 0 Å². The summed E-state index contributed by atoms with van der Waals surface area (Å²) in [6.07, 6.45) is 6.74. The Morgan fingerprint density at radius 1 is 1.03 bits per heavy atom. The molecular formula is C29H37NO6. The van der Waals surface area contributed by atoms with Crippen LogP contribution in [0.5, 0.6) is 5.75 Å². The van der Waals surface area contributed by atoms with Gasteiger partial charge in [0, 0.05) is 20.4 Å². The highest BCUT2D eigenvalue weighted by molar-refractivity contribution is 5.91. The average molecular weight is 496 g/mol. The molecule has 0 spiro atoms. The quantitative estimate of drug-likeness (QED) is 0.329. The third-order valence-corrected chi connectivity index (χ3v) is 7.96. The lowest BCUT2D eigenvalue weighted by Gasteiger charge is -2.34. The number of fused-ring (bicyclic) bond motifs is 1. The highest BCUT2D eigenvalue weighted by Gasteiger charge is 2.49. The maximum absolute atomic E-state index is 13.2. The molecule has 0 aliphatic heterocycles. The number of esters is 1. The molecule has 0 heterocycles. The zero-order chi connectivity index (χ0) is 25.7. The van der Waals surface area contributed by atoms with Gasteiger partial charge in [0.1, 0.15) is 5.75 Å². The van der Waals surface area contributed by atoms with E-state index < -0.39 is 23.7 Å². The van der Waals surface area contributed by atoms with Gasteiger partial charge in [0.25, 0.3) is 0 Å². The summed E-state index contributed by atoms with van der Waals surface area (Å²) in [4.78, 5) is 39.5. The van der Waals surface area contributed by atoms with E-state index in [1.54, 1.807) is 14.0 Å². The number of rotatable bonds is 8. The van der Waals surface area contributed by atoms with E-state index in [0.717, 1.165) is 78.4 Å². The van der Waals surface area contributed by atoms with E-state index in [-0.39, 0.29) is 12.5 Å². The first kappa shape index (κ1) is 26.0. The van der Waals surface area contributed by atoms with Gasteiger partial charge >= 0.3 is 12.1 Å². The number of benzene rings is 2. The molecule has 2 amide bonds. The van der Waals surface area contributed by atoms with Gasteiger partial charge in [0.15, 0.2) is 0 Å². The van der Waals surface area contributed by atoms with Crippen molar-refractivity contribution < 1.29 is 28.6 Å². The van der Waals surface area contributed by atoms with Crippen LogP contribution < -0.4 is 4.74 Å². The first-order valence-electron chi connectivity index (χ1n) is 13.1. The molecule has 2 aromatic rings. The molecule has 2 aromatic carbocycles. The van der Waals surface area contributed by atoms with E-state index in [9.17, 15) is 14.4 Å². The summed E-state index contributed by atoms with van der Waals surface area (Å²) in [5.41, 5.74) is 0.539. The van der Waals surface area contributed by atoms with Gasteiger partial charge in [0.2, 0.25) is 12.2 Å². The van der Waals surface area contributed by atoms with Crippen molar-refractivity contribution in [3.05, 3.63) is 42.0 Å². The Labute approximate surface area is 213 Å². The molecule has 0 saturated heterocycles. The van der Waals surface area contributed by atoms with Crippen LogP contribution in [-0.2, 0) is 25.5 Å². The van der Waals surface area contributed by atoms with Crippen molar-refractivity contribution in [2.75, 3.05) is 13.7 Å². The van der Waals surface area contributed by atoms with Crippen LogP contribution in [0.1, 0.15) is 70.8 Å². The van der Waals surface area contributed by atoms with Crippen molar-refractivity contribution in [3.8, 4) is 5.75 Å². The smallest absolute Gasteiger partial charge is 0.419 e. The summed E-state index contributed by atoms with van der Waals surface area (Å²) in [5.74, 6) is 0.412. The zero-order valence-corrected chi connectivity index (χ0v) is 21.6. The molecular weight excluding hydrogens is 458 g/mol. The molecule has 0 N–H and O–H groups in total. The lowest BCUT2D eigenvalue weighted by Crippen LogP contribution is -2.42. The summed E-state index contributed by atoms with van der Waals surface area (Å²) in [5, 5.41) is 2.05. The van der Waals surface area contributed by atoms with Gasteiger partial charge in [-0.1, -0.05) is 49.9 Å². The molecule has 2 aliphatic carbocycles. The van der Waals surface area contributed by atoms with E-state index in [0.29, 0.717) is 12.3 Å². The fourth-order valence-electron chi connectivity index (χ4n) is 6.03. The fraction of sp³-hybridized carbons (Fsp3) is 0.552. The molecule has 0 radical (unpaired) electrons. The summed E-state index contributed by atoms with van der Waals surface area (Å²) in [7, 11) is 1.62. The van der Waals surface area contributed by atoms with Gasteiger partial charge in [-0.05, 0) is 66.5 Å². The van der Waals surface area contributed by atoms with E-state index in [2.05, 4.69) is 0 Å². The normalized spacial score (nSPS) is 18.1. The number of ether oxygens (including phenoxy) is 3. The Balaban J connectivity index is 1.39. The fourth-order valence-corrected chi connectivity index (χ4v) is 6.03. The molecule has 7 nitrogen and oxygen atoms in total. The predicted octanol–water partition coefficient (Wildman–Crippen LogP) is 6.02. The lowest BCUT2D eigenvalue weighted by molar-refractivity contribution is -0.181. The standard InChI is InChI=1S/C29H37NO6/c1-20(31)30(18-15-23-10-8-9-22-13-14-25(34-3)19-26(22)23)28(33)36-21(2)35-27(32)29(16-6-7-17-29)24-11-4-5-12-24/h8-10,13-14,19,21,24H,4-7,11-12,15-18H2,1-3H3. The van der Waals surface area contributed by atoms with Crippen molar-refractivity contribution in [1.29, 1.82) is 0 Å². The topological polar surface area (TPSA) is 82.1 Å². The van der Waals surface area contributed by atoms with Crippen molar-refractivity contribution in [3.63, 3.8) is 0 Å². The minimum atomic E-state index is -1.06. The van der Waals surface area contributed by atoms with Crippen molar-refractivity contribution >= 4 is 28.7 Å². The van der Waals surface area contributed by atoms with Gasteiger partial charge in [-0.2, -0.15) is 0 Å². The van der Waals surface area contributed by atoms with Gasteiger partial charge in [-0.3, -0.25) is 9.59 Å². The first-order chi connectivity index (χ1) is 17.3. The first-order valence-corrected chi connectivity index (χ1v) is 13.1.